The Hall–Kier alpha value is -2.70. The number of aromatic nitrogens is 1. The number of benzene rings is 2. The van der Waals surface area contributed by atoms with Gasteiger partial charge in [0.1, 0.15) is 10.6 Å². The summed E-state index contributed by atoms with van der Waals surface area (Å²) in [4.78, 5) is 26.7. The third-order valence-electron chi connectivity index (χ3n) is 6.87. The van der Waals surface area contributed by atoms with Crippen molar-refractivity contribution >= 4 is 44.5 Å². The van der Waals surface area contributed by atoms with Crippen LogP contribution in [0.5, 0.6) is 0 Å². The van der Waals surface area contributed by atoms with E-state index >= 15 is 0 Å². The third-order valence-corrected chi connectivity index (χ3v) is 10.1. The third kappa shape index (κ3) is 7.21. The molecule has 3 aromatic rings. The van der Waals surface area contributed by atoms with E-state index in [1.165, 1.54) is 54.0 Å². The van der Waals surface area contributed by atoms with Gasteiger partial charge in [0.2, 0.25) is 10.0 Å². The molecular weight excluding hydrogens is 589 g/mol. The van der Waals surface area contributed by atoms with Crippen molar-refractivity contribution in [1.29, 1.82) is 0 Å². The van der Waals surface area contributed by atoms with Crippen LogP contribution < -0.4 is 15.0 Å². The average Bonchev–Trinajstić information content (AvgIpc) is 3.74. The summed E-state index contributed by atoms with van der Waals surface area (Å²) < 4.78 is 58.2. The van der Waals surface area contributed by atoms with Crippen LogP contribution in [-0.4, -0.2) is 33.8 Å². The van der Waals surface area contributed by atoms with Crippen LogP contribution in [0.2, 0.25) is 5.02 Å². The first-order chi connectivity index (χ1) is 19.1. The number of hydrogen-bond donors (Lipinski definition) is 2. The van der Waals surface area contributed by atoms with Crippen LogP contribution in [0.25, 0.3) is 11.1 Å². The molecule has 220 valence electrons. The number of halogens is 2. The summed E-state index contributed by atoms with van der Waals surface area (Å²) in [6.45, 7) is 7.01. The molecule has 12 heteroatoms. The molecule has 0 aliphatic heterocycles. The Labute approximate surface area is 247 Å². The number of nitrogens with one attached hydrogen (secondary N) is 2. The molecule has 2 atom stereocenters. The van der Waals surface area contributed by atoms with Crippen molar-refractivity contribution in [2.45, 2.75) is 51.3 Å². The van der Waals surface area contributed by atoms with Crippen molar-refractivity contribution in [3.8, 4) is 11.1 Å². The van der Waals surface area contributed by atoms with E-state index in [0.29, 0.717) is 16.7 Å². The smallest absolute Gasteiger partial charge is 0.250 e. The number of carbonyl (C=O) groups excluding carboxylic acids is 1. The summed E-state index contributed by atoms with van der Waals surface area (Å²) in [7, 11) is -2.16. The molecule has 2 aromatic carbocycles. The molecule has 1 aliphatic rings. The van der Waals surface area contributed by atoms with Gasteiger partial charge in [0.25, 0.3) is 5.56 Å². The summed E-state index contributed by atoms with van der Waals surface area (Å²) in [6.07, 6.45) is 3.30. The van der Waals surface area contributed by atoms with Gasteiger partial charge in [-0.1, -0.05) is 11.6 Å². The van der Waals surface area contributed by atoms with Crippen LogP contribution in [0.15, 0.2) is 53.5 Å². The minimum Gasteiger partial charge on any atom is -0.598 e. The van der Waals surface area contributed by atoms with Gasteiger partial charge in [0.05, 0.1) is 22.5 Å². The maximum Gasteiger partial charge on any atom is 0.250 e. The number of pyridine rings is 1. The Morgan fingerprint density at radius 2 is 1.80 bits per heavy atom. The molecule has 0 radical (unpaired) electrons. The molecule has 1 saturated carbocycles. The Morgan fingerprint density at radius 1 is 1.17 bits per heavy atom. The number of rotatable bonds is 10. The lowest BCUT2D eigenvalue weighted by Gasteiger charge is -2.29. The Bertz CT molecular complexity index is 1630. The molecule has 1 unspecified atom stereocenters. The largest absolute Gasteiger partial charge is 0.598 e. The van der Waals surface area contributed by atoms with Gasteiger partial charge in [-0.05, 0) is 94.0 Å². The minimum absolute atomic E-state index is 0.00619. The van der Waals surface area contributed by atoms with Crippen LogP contribution in [-0.2, 0) is 28.4 Å². The van der Waals surface area contributed by atoms with Gasteiger partial charge < -0.3 is 9.12 Å². The van der Waals surface area contributed by atoms with Gasteiger partial charge in [-0.15, -0.1) is 4.72 Å². The monoisotopic (exact) mass is 621 g/mol. The van der Waals surface area contributed by atoms with Crippen molar-refractivity contribution < 1.29 is 22.2 Å². The Morgan fingerprint density at radius 3 is 2.37 bits per heavy atom. The second-order valence-electron chi connectivity index (χ2n) is 11.1. The zero-order chi connectivity index (χ0) is 30.3. The van der Waals surface area contributed by atoms with Gasteiger partial charge in [0.15, 0.2) is 5.78 Å². The number of ketones is 1. The van der Waals surface area contributed by atoms with Crippen LogP contribution in [0.4, 0.5) is 10.1 Å². The molecule has 1 aliphatic carbocycles. The summed E-state index contributed by atoms with van der Waals surface area (Å²) >= 11 is 5.03. The molecule has 41 heavy (non-hydrogen) atoms. The number of anilines is 1. The van der Waals surface area contributed by atoms with E-state index in [0.717, 1.165) is 12.8 Å². The minimum atomic E-state index is -3.73. The van der Waals surface area contributed by atoms with E-state index in [9.17, 15) is 27.0 Å². The fourth-order valence-corrected chi connectivity index (χ4v) is 6.14. The van der Waals surface area contributed by atoms with E-state index < -0.39 is 43.8 Å². The van der Waals surface area contributed by atoms with E-state index in [1.54, 1.807) is 13.2 Å². The molecule has 1 heterocycles. The first kappa shape index (κ1) is 31.2. The second kappa shape index (κ2) is 11.9. The quantitative estimate of drug-likeness (QED) is 0.233. The Balaban J connectivity index is 1.99. The van der Waals surface area contributed by atoms with Crippen molar-refractivity contribution in [3.63, 3.8) is 0 Å². The maximum atomic E-state index is 13.8. The zero-order valence-corrected chi connectivity index (χ0v) is 25.8. The van der Waals surface area contributed by atoms with Crippen molar-refractivity contribution in [1.82, 2.24) is 9.29 Å². The standard InChI is InChI=1S/C29H33ClFN3O5S2/c1-6-41(38,39)33-25-14-20(22(13-24(25)30)28(36)18-9-11-19(31)12-10-18)23-16-34(5)26(35)15-21(23)27(17-7-8-17)32-40(37)29(2,3)4/h9-17,27,32-33H,6-8H2,1-5H3/t27-,40?/m0/s1. The molecule has 2 N–H and O–H groups in total. The topological polar surface area (TPSA) is 120 Å². The average molecular weight is 622 g/mol. The van der Waals surface area contributed by atoms with Crippen LogP contribution in [0.3, 0.4) is 0 Å². The van der Waals surface area contributed by atoms with Gasteiger partial charge in [-0.3, -0.25) is 14.3 Å². The summed E-state index contributed by atoms with van der Waals surface area (Å²) in [6, 6.07) is 8.88. The van der Waals surface area contributed by atoms with E-state index in [1.807, 2.05) is 20.8 Å². The lowest BCUT2D eigenvalue weighted by molar-refractivity contribution is 0.103. The number of nitrogens with zero attached hydrogens (tertiary/aromatic N) is 1. The van der Waals surface area contributed by atoms with Crippen LogP contribution in [0, 0.1) is 11.7 Å². The van der Waals surface area contributed by atoms with Gasteiger partial charge >= 0.3 is 0 Å². The van der Waals surface area contributed by atoms with Crippen molar-refractivity contribution in [3.05, 3.63) is 86.5 Å². The highest BCUT2D eigenvalue weighted by atomic mass is 35.5. The SMILES string of the molecule is CCS(=O)(=O)Nc1cc(-c2cn(C)c(=O)cc2[C@@H](N[S+]([O-])C(C)(C)C)C2CC2)c(C(=O)c2ccc(F)cc2)cc1Cl. The number of sulfonamides is 1. The highest BCUT2D eigenvalue weighted by molar-refractivity contribution is 7.92. The highest BCUT2D eigenvalue weighted by Gasteiger charge is 2.40. The summed E-state index contributed by atoms with van der Waals surface area (Å²) in [5, 5.41) is -0.00619. The predicted octanol–water partition coefficient (Wildman–Crippen LogP) is 5.34. The lowest BCUT2D eigenvalue weighted by atomic mass is 9.89. The molecule has 1 fully saturated rings. The molecule has 0 amide bonds. The molecule has 1 aromatic heterocycles. The normalized spacial score (nSPS) is 15.4. The molecular formula is C29H33ClFN3O5S2. The maximum absolute atomic E-state index is 13.8. The molecule has 0 bridgehead atoms. The first-order valence-corrected chi connectivity index (χ1v) is 16.3. The zero-order valence-electron chi connectivity index (χ0n) is 23.5. The van der Waals surface area contributed by atoms with E-state index in [2.05, 4.69) is 9.44 Å². The molecule has 0 spiro atoms. The Kier molecular flexibility index (Phi) is 9.06. The van der Waals surface area contributed by atoms with Gasteiger partial charge in [-0.2, -0.15) is 0 Å². The van der Waals surface area contributed by atoms with E-state index in [-0.39, 0.29) is 39.1 Å². The van der Waals surface area contributed by atoms with Crippen molar-refractivity contribution in [2.75, 3.05) is 10.5 Å². The first-order valence-electron chi connectivity index (χ1n) is 13.1. The number of aryl methyl sites for hydroxylation is 1. The van der Waals surface area contributed by atoms with Crippen LogP contribution in [0.1, 0.15) is 68.1 Å². The predicted molar refractivity (Wildman–Crippen MR) is 162 cm³/mol. The van der Waals surface area contributed by atoms with E-state index in [4.69, 9.17) is 11.6 Å². The highest BCUT2D eigenvalue weighted by Crippen LogP contribution is 2.45. The number of hydrogen-bond acceptors (Lipinski definition) is 6. The summed E-state index contributed by atoms with van der Waals surface area (Å²) in [5.41, 5.74) is 1.42. The molecule has 0 saturated heterocycles. The van der Waals surface area contributed by atoms with Gasteiger partial charge in [0, 0.05) is 47.4 Å². The molecule has 8 nitrogen and oxygen atoms in total. The van der Waals surface area contributed by atoms with Gasteiger partial charge in [-0.25, -0.2) is 12.8 Å². The second-order valence-corrected chi connectivity index (χ2v) is 15.5. The summed E-state index contributed by atoms with van der Waals surface area (Å²) in [5.74, 6) is -1.07. The fraction of sp³-hybridized carbons (Fsp3) is 0.379. The number of carbonyl (C=O) groups is 1. The van der Waals surface area contributed by atoms with Crippen molar-refractivity contribution in [2.24, 2.45) is 13.0 Å². The molecule has 4 rings (SSSR count). The van der Waals surface area contributed by atoms with Crippen LogP contribution >= 0.6 is 11.6 Å². The fourth-order valence-electron chi connectivity index (χ4n) is 4.32. The lowest BCUT2D eigenvalue weighted by Crippen LogP contribution is -2.42.